The number of rotatable bonds is 4. The van der Waals surface area contributed by atoms with Gasteiger partial charge in [0.15, 0.2) is 0 Å². The van der Waals surface area contributed by atoms with E-state index in [1.807, 2.05) is 25.1 Å². The second-order valence-electron chi connectivity index (χ2n) is 4.46. The first-order chi connectivity index (χ1) is 7.70. The van der Waals surface area contributed by atoms with Crippen molar-refractivity contribution >= 4 is 0 Å². The smallest absolute Gasteiger partial charge is 0.125 e. The summed E-state index contributed by atoms with van der Waals surface area (Å²) in [4.78, 5) is 0. The molecule has 0 amide bonds. The molecule has 3 N–H and O–H groups in total. The standard InChI is InChI=1S/C13H19NO2/c1-9-5-6-13(16-10-3-2-4-10)11(7-9)12(15)8-14/h5-7,10,12,15H,2-4,8,14H2,1H3. The minimum atomic E-state index is -0.630. The predicted molar refractivity (Wildman–Crippen MR) is 63.5 cm³/mol. The second-order valence-corrected chi connectivity index (χ2v) is 4.46. The lowest BCUT2D eigenvalue weighted by Gasteiger charge is -2.28. The van der Waals surface area contributed by atoms with Gasteiger partial charge in [-0.3, -0.25) is 0 Å². The minimum Gasteiger partial charge on any atom is -0.490 e. The van der Waals surface area contributed by atoms with Crippen molar-refractivity contribution in [2.75, 3.05) is 6.54 Å². The second kappa shape index (κ2) is 4.85. The lowest BCUT2D eigenvalue weighted by molar-refractivity contribution is 0.111. The van der Waals surface area contributed by atoms with Crippen molar-refractivity contribution in [1.82, 2.24) is 0 Å². The molecule has 0 aliphatic heterocycles. The number of aliphatic hydroxyl groups is 1. The van der Waals surface area contributed by atoms with Crippen LogP contribution < -0.4 is 10.5 Å². The molecule has 0 aromatic heterocycles. The van der Waals surface area contributed by atoms with Gasteiger partial charge in [0.2, 0.25) is 0 Å². The lowest BCUT2D eigenvalue weighted by Crippen LogP contribution is -2.25. The van der Waals surface area contributed by atoms with Crippen molar-refractivity contribution in [1.29, 1.82) is 0 Å². The first-order valence-electron chi connectivity index (χ1n) is 5.86. The Balaban J connectivity index is 2.20. The summed E-state index contributed by atoms with van der Waals surface area (Å²) in [5.41, 5.74) is 7.42. The molecule has 1 aromatic rings. The van der Waals surface area contributed by atoms with Crippen LogP contribution in [0.15, 0.2) is 18.2 Å². The van der Waals surface area contributed by atoms with E-state index in [9.17, 15) is 5.11 Å². The van der Waals surface area contributed by atoms with Gasteiger partial charge in [0.1, 0.15) is 5.75 Å². The summed E-state index contributed by atoms with van der Waals surface area (Å²) in [6, 6.07) is 5.88. The van der Waals surface area contributed by atoms with Crippen LogP contribution in [-0.2, 0) is 0 Å². The van der Waals surface area contributed by atoms with E-state index in [0.29, 0.717) is 6.10 Å². The molecule has 3 heteroatoms. The van der Waals surface area contributed by atoms with Crippen LogP contribution >= 0.6 is 0 Å². The van der Waals surface area contributed by atoms with Gasteiger partial charge in [-0.25, -0.2) is 0 Å². The molecule has 1 aliphatic rings. The molecule has 16 heavy (non-hydrogen) atoms. The summed E-state index contributed by atoms with van der Waals surface area (Å²) in [6.45, 7) is 2.23. The summed E-state index contributed by atoms with van der Waals surface area (Å²) >= 11 is 0. The summed E-state index contributed by atoms with van der Waals surface area (Å²) in [5.74, 6) is 0.785. The molecule has 1 fully saturated rings. The van der Waals surface area contributed by atoms with E-state index < -0.39 is 6.10 Å². The maximum absolute atomic E-state index is 9.83. The van der Waals surface area contributed by atoms with E-state index in [1.165, 1.54) is 6.42 Å². The maximum atomic E-state index is 9.83. The summed E-state index contributed by atoms with van der Waals surface area (Å²) in [6.07, 6.45) is 3.17. The number of aryl methyl sites for hydroxylation is 1. The Morgan fingerprint density at radius 3 is 2.81 bits per heavy atom. The number of nitrogens with two attached hydrogens (primary N) is 1. The highest BCUT2D eigenvalue weighted by Gasteiger charge is 2.21. The third-order valence-electron chi connectivity index (χ3n) is 3.09. The van der Waals surface area contributed by atoms with E-state index >= 15 is 0 Å². The average Bonchev–Trinajstić information content (AvgIpc) is 2.23. The highest BCUT2D eigenvalue weighted by atomic mass is 16.5. The van der Waals surface area contributed by atoms with Crippen molar-refractivity contribution in [3.05, 3.63) is 29.3 Å². The molecule has 1 aliphatic carbocycles. The normalized spacial score (nSPS) is 17.9. The lowest BCUT2D eigenvalue weighted by atomic mass is 9.96. The fourth-order valence-electron chi connectivity index (χ4n) is 1.83. The number of hydrogen-bond acceptors (Lipinski definition) is 3. The average molecular weight is 221 g/mol. The van der Waals surface area contributed by atoms with E-state index in [4.69, 9.17) is 10.5 Å². The zero-order valence-corrected chi connectivity index (χ0v) is 9.65. The molecule has 0 spiro atoms. The quantitative estimate of drug-likeness (QED) is 0.816. The predicted octanol–water partition coefficient (Wildman–Crippen LogP) is 1.92. The highest BCUT2D eigenvalue weighted by molar-refractivity contribution is 5.38. The van der Waals surface area contributed by atoms with Crippen molar-refractivity contribution in [3.8, 4) is 5.75 Å². The number of benzene rings is 1. The monoisotopic (exact) mass is 221 g/mol. The molecule has 1 unspecified atom stereocenters. The maximum Gasteiger partial charge on any atom is 0.125 e. The Morgan fingerprint density at radius 1 is 1.50 bits per heavy atom. The van der Waals surface area contributed by atoms with Crippen molar-refractivity contribution < 1.29 is 9.84 Å². The molecule has 0 bridgehead atoms. The Kier molecular flexibility index (Phi) is 3.46. The number of hydrogen-bond donors (Lipinski definition) is 2. The summed E-state index contributed by atoms with van der Waals surface area (Å²) in [5, 5.41) is 9.83. The van der Waals surface area contributed by atoms with Crippen LogP contribution in [0, 0.1) is 6.92 Å². The van der Waals surface area contributed by atoms with Crippen molar-refractivity contribution in [2.24, 2.45) is 5.73 Å². The van der Waals surface area contributed by atoms with Crippen LogP contribution in [0.3, 0.4) is 0 Å². The van der Waals surface area contributed by atoms with Crippen molar-refractivity contribution in [3.63, 3.8) is 0 Å². The fourth-order valence-corrected chi connectivity index (χ4v) is 1.83. The van der Waals surface area contributed by atoms with Gasteiger partial charge >= 0.3 is 0 Å². The van der Waals surface area contributed by atoms with Gasteiger partial charge in [0, 0.05) is 12.1 Å². The van der Waals surface area contributed by atoms with E-state index in [-0.39, 0.29) is 6.54 Å². The number of aliphatic hydroxyl groups excluding tert-OH is 1. The Labute approximate surface area is 96.2 Å². The van der Waals surface area contributed by atoms with Crippen LogP contribution in [0.1, 0.15) is 36.5 Å². The van der Waals surface area contributed by atoms with E-state index in [2.05, 4.69) is 0 Å². The molecular weight excluding hydrogens is 202 g/mol. The zero-order chi connectivity index (χ0) is 11.5. The topological polar surface area (TPSA) is 55.5 Å². The highest BCUT2D eigenvalue weighted by Crippen LogP contribution is 2.31. The molecule has 0 saturated heterocycles. The van der Waals surface area contributed by atoms with Gasteiger partial charge < -0.3 is 15.6 Å². The van der Waals surface area contributed by atoms with Gasteiger partial charge in [-0.1, -0.05) is 11.6 Å². The first kappa shape index (κ1) is 11.4. The van der Waals surface area contributed by atoms with Gasteiger partial charge in [-0.15, -0.1) is 0 Å². The summed E-state index contributed by atoms with van der Waals surface area (Å²) in [7, 11) is 0. The van der Waals surface area contributed by atoms with Gasteiger partial charge in [0.05, 0.1) is 12.2 Å². The van der Waals surface area contributed by atoms with E-state index in [0.717, 1.165) is 29.7 Å². The first-order valence-corrected chi connectivity index (χ1v) is 5.86. The molecule has 2 rings (SSSR count). The third kappa shape index (κ3) is 2.36. The van der Waals surface area contributed by atoms with Crippen LogP contribution in [0.25, 0.3) is 0 Å². The Morgan fingerprint density at radius 2 is 2.25 bits per heavy atom. The molecule has 3 nitrogen and oxygen atoms in total. The zero-order valence-electron chi connectivity index (χ0n) is 9.65. The molecular formula is C13H19NO2. The Bertz CT molecular complexity index is 361. The van der Waals surface area contributed by atoms with Gasteiger partial charge in [-0.05, 0) is 38.3 Å². The molecule has 88 valence electrons. The third-order valence-corrected chi connectivity index (χ3v) is 3.09. The van der Waals surface area contributed by atoms with Crippen molar-refractivity contribution in [2.45, 2.75) is 38.4 Å². The molecule has 0 heterocycles. The van der Waals surface area contributed by atoms with E-state index in [1.54, 1.807) is 0 Å². The number of ether oxygens (including phenoxy) is 1. The van der Waals surface area contributed by atoms with Gasteiger partial charge in [-0.2, -0.15) is 0 Å². The molecule has 1 atom stereocenters. The minimum absolute atomic E-state index is 0.227. The van der Waals surface area contributed by atoms with Gasteiger partial charge in [0.25, 0.3) is 0 Å². The SMILES string of the molecule is Cc1ccc(OC2CCC2)c(C(O)CN)c1. The molecule has 1 aromatic carbocycles. The van der Waals surface area contributed by atoms with Crippen LogP contribution in [0.4, 0.5) is 0 Å². The largest absolute Gasteiger partial charge is 0.490 e. The molecule has 1 saturated carbocycles. The van der Waals surface area contributed by atoms with Crippen LogP contribution in [0.2, 0.25) is 0 Å². The van der Waals surface area contributed by atoms with Crippen LogP contribution in [-0.4, -0.2) is 17.8 Å². The molecule has 0 radical (unpaired) electrons. The van der Waals surface area contributed by atoms with Crippen LogP contribution in [0.5, 0.6) is 5.75 Å². The summed E-state index contributed by atoms with van der Waals surface area (Å²) < 4.78 is 5.84. The fraction of sp³-hybridized carbons (Fsp3) is 0.538. The Hall–Kier alpha value is -1.06.